The fourth-order valence-corrected chi connectivity index (χ4v) is 2.03. The third kappa shape index (κ3) is 3.73. The second-order valence-electron chi connectivity index (χ2n) is 4.54. The Labute approximate surface area is 129 Å². The Morgan fingerprint density at radius 1 is 1.19 bits per heavy atom. The molecule has 0 heterocycles. The smallest absolute Gasteiger partial charge is 0.144 e. The van der Waals surface area contributed by atoms with Gasteiger partial charge in [-0.05, 0) is 30.7 Å². The highest BCUT2D eigenvalue weighted by Gasteiger charge is 2.09. The van der Waals surface area contributed by atoms with Gasteiger partial charge in [-0.3, -0.25) is 0 Å². The summed E-state index contributed by atoms with van der Waals surface area (Å²) in [5.41, 5.74) is 8.17. The predicted molar refractivity (Wildman–Crippen MR) is 87.9 cm³/mol. The maximum Gasteiger partial charge on any atom is 0.144 e. The molecule has 0 aromatic heterocycles. The van der Waals surface area contributed by atoms with Crippen molar-refractivity contribution in [1.82, 2.24) is 0 Å². The first-order chi connectivity index (χ1) is 10.2. The van der Waals surface area contributed by atoms with Crippen molar-refractivity contribution < 1.29 is 9.47 Å². The zero-order valence-electron chi connectivity index (χ0n) is 12.2. The lowest BCUT2D eigenvalue weighted by molar-refractivity contribution is 0.319. The van der Waals surface area contributed by atoms with Crippen LogP contribution in [-0.2, 0) is 0 Å². The van der Waals surface area contributed by atoms with E-state index in [1.165, 1.54) is 0 Å². The summed E-state index contributed by atoms with van der Waals surface area (Å²) in [6.07, 6.45) is 0.929. The van der Waals surface area contributed by atoms with E-state index in [4.69, 9.17) is 26.8 Å². The van der Waals surface area contributed by atoms with Crippen LogP contribution in [0.5, 0.6) is 11.5 Å². The van der Waals surface area contributed by atoms with Gasteiger partial charge in [0.15, 0.2) is 0 Å². The Bertz CT molecular complexity index is 617. The number of para-hydroxylation sites is 1. The molecular weight excluding hydrogens is 288 g/mol. The number of rotatable bonds is 6. The zero-order chi connectivity index (χ0) is 15.2. The summed E-state index contributed by atoms with van der Waals surface area (Å²) < 4.78 is 10.8. The molecule has 0 aliphatic rings. The number of benzene rings is 2. The average molecular weight is 307 g/mol. The highest BCUT2D eigenvalue weighted by molar-refractivity contribution is 6.33. The van der Waals surface area contributed by atoms with Gasteiger partial charge in [-0.25, -0.2) is 0 Å². The second-order valence-corrected chi connectivity index (χ2v) is 4.94. The Kier molecular flexibility index (Phi) is 5.17. The van der Waals surface area contributed by atoms with Gasteiger partial charge in [0.05, 0.1) is 35.8 Å². The van der Waals surface area contributed by atoms with Crippen LogP contribution < -0.4 is 20.5 Å². The maximum absolute atomic E-state index is 6.19. The number of nitrogens with two attached hydrogens (primary N) is 1. The van der Waals surface area contributed by atoms with E-state index in [1.807, 2.05) is 31.2 Å². The molecular formula is C16H19ClN2O2. The molecule has 0 bridgehead atoms. The average Bonchev–Trinajstić information content (AvgIpc) is 2.50. The molecule has 4 nitrogen and oxygen atoms in total. The number of halogens is 1. The molecule has 0 amide bonds. The van der Waals surface area contributed by atoms with Crippen molar-refractivity contribution in [3.8, 4) is 11.5 Å². The largest absolute Gasteiger partial charge is 0.497 e. The van der Waals surface area contributed by atoms with Crippen LogP contribution in [0.1, 0.15) is 13.3 Å². The van der Waals surface area contributed by atoms with E-state index in [-0.39, 0.29) is 0 Å². The topological polar surface area (TPSA) is 56.5 Å². The van der Waals surface area contributed by atoms with E-state index in [2.05, 4.69) is 5.32 Å². The molecule has 5 heteroatoms. The van der Waals surface area contributed by atoms with Crippen molar-refractivity contribution in [2.75, 3.05) is 24.8 Å². The molecule has 21 heavy (non-hydrogen) atoms. The van der Waals surface area contributed by atoms with Crippen molar-refractivity contribution in [2.24, 2.45) is 0 Å². The Hall–Kier alpha value is -2.07. The quantitative estimate of drug-likeness (QED) is 0.773. The summed E-state index contributed by atoms with van der Waals surface area (Å²) in [7, 11) is 1.61. The van der Waals surface area contributed by atoms with E-state index < -0.39 is 0 Å². The van der Waals surface area contributed by atoms with Crippen molar-refractivity contribution in [1.29, 1.82) is 0 Å². The number of ether oxygens (including phenoxy) is 2. The predicted octanol–water partition coefficient (Wildman–Crippen LogP) is 4.46. The first kappa shape index (κ1) is 15.3. The SMILES string of the molecule is CCCOc1cccc(Nc2cc(OC)ccc2Cl)c1N. The normalized spacial score (nSPS) is 10.2. The molecule has 0 unspecified atom stereocenters. The minimum absolute atomic E-state index is 0.560. The van der Waals surface area contributed by atoms with Crippen molar-refractivity contribution >= 4 is 28.7 Å². The molecule has 0 radical (unpaired) electrons. The number of methoxy groups -OCH3 is 1. The van der Waals surface area contributed by atoms with E-state index in [1.54, 1.807) is 19.2 Å². The number of nitrogen functional groups attached to an aromatic ring is 1. The van der Waals surface area contributed by atoms with Gasteiger partial charge in [-0.15, -0.1) is 0 Å². The second kappa shape index (κ2) is 7.09. The van der Waals surface area contributed by atoms with E-state index in [0.29, 0.717) is 23.1 Å². The van der Waals surface area contributed by atoms with Crippen LogP contribution in [0.4, 0.5) is 17.1 Å². The minimum Gasteiger partial charge on any atom is -0.497 e. The van der Waals surface area contributed by atoms with Gasteiger partial charge in [0.1, 0.15) is 11.5 Å². The van der Waals surface area contributed by atoms with Gasteiger partial charge >= 0.3 is 0 Å². The summed E-state index contributed by atoms with van der Waals surface area (Å²) in [6, 6.07) is 11.0. The maximum atomic E-state index is 6.19. The lowest BCUT2D eigenvalue weighted by atomic mass is 10.2. The summed E-state index contributed by atoms with van der Waals surface area (Å²) in [5, 5.41) is 3.81. The van der Waals surface area contributed by atoms with Crippen LogP contribution in [-0.4, -0.2) is 13.7 Å². The first-order valence-corrected chi connectivity index (χ1v) is 7.15. The molecule has 2 rings (SSSR count). The molecule has 0 atom stereocenters. The third-order valence-electron chi connectivity index (χ3n) is 2.97. The summed E-state index contributed by atoms with van der Waals surface area (Å²) in [5.74, 6) is 1.39. The fraction of sp³-hybridized carbons (Fsp3) is 0.250. The number of anilines is 3. The van der Waals surface area contributed by atoms with Gasteiger partial charge in [0, 0.05) is 6.07 Å². The van der Waals surface area contributed by atoms with Crippen LogP contribution in [0.2, 0.25) is 5.02 Å². The molecule has 0 saturated heterocycles. The molecule has 0 spiro atoms. The Balaban J connectivity index is 2.27. The molecule has 2 aromatic carbocycles. The Morgan fingerprint density at radius 3 is 2.71 bits per heavy atom. The molecule has 0 aliphatic carbocycles. The zero-order valence-corrected chi connectivity index (χ0v) is 12.9. The third-order valence-corrected chi connectivity index (χ3v) is 3.30. The molecule has 0 aliphatic heterocycles. The molecule has 3 N–H and O–H groups in total. The lowest BCUT2D eigenvalue weighted by Crippen LogP contribution is -2.02. The highest BCUT2D eigenvalue weighted by atomic mass is 35.5. The summed E-state index contributed by atoms with van der Waals surface area (Å²) in [6.45, 7) is 2.68. The van der Waals surface area contributed by atoms with Crippen molar-refractivity contribution in [2.45, 2.75) is 13.3 Å². The van der Waals surface area contributed by atoms with Gasteiger partial charge in [-0.2, -0.15) is 0 Å². The van der Waals surface area contributed by atoms with Crippen molar-refractivity contribution in [3.63, 3.8) is 0 Å². The minimum atomic E-state index is 0.560. The van der Waals surface area contributed by atoms with Crippen LogP contribution in [0.15, 0.2) is 36.4 Å². The molecule has 0 fully saturated rings. The number of nitrogens with one attached hydrogen (secondary N) is 1. The molecule has 0 saturated carbocycles. The van der Waals surface area contributed by atoms with Gasteiger partial charge in [0.25, 0.3) is 0 Å². The highest BCUT2D eigenvalue weighted by Crippen LogP contribution is 2.35. The Morgan fingerprint density at radius 2 is 2.00 bits per heavy atom. The van der Waals surface area contributed by atoms with Gasteiger partial charge in [0.2, 0.25) is 0 Å². The number of hydrogen-bond donors (Lipinski definition) is 2. The number of hydrogen-bond acceptors (Lipinski definition) is 4. The first-order valence-electron chi connectivity index (χ1n) is 6.77. The van der Waals surface area contributed by atoms with E-state index >= 15 is 0 Å². The molecule has 112 valence electrons. The van der Waals surface area contributed by atoms with E-state index in [0.717, 1.165) is 23.5 Å². The van der Waals surface area contributed by atoms with Crippen molar-refractivity contribution in [3.05, 3.63) is 41.4 Å². The van der Waals surface area contributed by atoms with Crippen LogP contribution in [0.3, 0.4) is 0 Å². The summed E-state index contributed by atoms with van der Waals surface area (Å²) >= 11 is 6.19. The monoisotopic (exact) mass is 306 g/mol. The van der Waals surface area contributed by atoms with Crippen LogP contribution in [0.25, 0.3) is 0 Å². The van der Waals surface area contributed by atoms with Gasteiger partial charge < -0.3 is 20.5 Å². The molecule has 2 aromatic rings. The summed E-state index contributed by atoms with van der Waals surface area (Å²) in [4.78, 5) is 0. The van der Waals surface area contributed by atoms with Gasteiger partial charge in [-0.1, -0.05) is 24.6 Å². The van der Waals surface area contributed by atoms with Crippen LogP contribution in [0, 0.1) is 0 Å². The fourth-order valence-electron chi connectivity index (χ4n) is 1.86. The standard InChI is InChI=1S/C16H19ClN2O2/c1-3-9-21-15-6-4-5-13(16(15)18)19-14-10-11(20-2)7-8-12(14)17/h4-8,10,19H,3,9,18H2,1-2H3. The lowest BCUT2D eigenvalue weighted by Gasteiger charge is -2.15. The van der Waals surface area contributed by atoms with Crippen LogP contribution >= 0.6 is 11.6 Å². The van der Waals surface area contributed by atoms with E-state index in [9.17, 15) is 0 Å².